The van der Waals surface area contributed by atoms with E-state index >= 15 is 0 Å². The van der Waals surface area contributed by atoms with Gasteiger partial charge in [-0.05, 0) is 36.4 Å². The lowest BCUT2D eigenvalue weighted by atomic mass is 10.2. The second-order valence-corrected chi connectivity index (χ2v) is 6.64. The fourth-order valence-corrected chi connectivity index (χ4v) is 3.20. The lowest BCUT2D eigenvalue weighted by molar-refractivity contribution is 0.251. The van der Waals surface area contributed by atoms with Crippen LogP contribution >= 0.6 is 0 Å². The molecule has 0 atom stereocenters. The molecule has 0 radical (unpaired) electrons. The van der Waals surface area contributed by atoms with E-state index in [0.29, 0.717) is 29.7 Å². The van der Waals surface area contributed by atoms with Crippen LogP contribution in [0, 0.1) is 5.82 Å². The number of carbonyl (C=O) groups excluding carboxylic acids is 1. The Bertz CT molecular complexity index is 1090. The minimum absolute atomic E-state index is 0.111. The third kappa shape index (κ3) is 3.57. The number of urea groups is 1. The number of anilines is 4. The molecule has 1 aromatic heterocycles. The Morgan fingerprint density at radius 2 is 1.87 bits per heavy atom. The van der Waals surface area contributed by atoms with Crippen LogP contribution in [0.2, 0.25) is 0 Å². The van der Waals surface area contributed by atoms with Crippen LogP contribution in [0.25, 0.3) is 0 Å². The molecule has 3 aromatic rings. The van der Waals surface area contributed by atoms with Gasteiger partial charge in [0.2, 0.25) is 5.95 Å². The van der Waals surface area contributed by atoms with Crippen LogP contribution in [-0.4, -0.2) is 37.3 Å². The van der Waals surface area contributed by atoms with Crippen LogP contribution in [0.5, 0.6) is 11.5 Å². The lowest BCUT2D eigenvalue weighted by Crippen LogP contribution is -2.45. The van der Waals surface area contributed by atoms with Crippen molar-refractivity contribution >= 4 is 29.2 Å². The number of benzene rings is 2. The molecule has 0 bridgehead atoms. The van der Waals surface area contributed by atoms with Crippen molar-refractivity contribution in [2.75, 3.05) is 36.4 Å². The Morgan fingerprint density at radius 3 is 2.57 bits per heavy atom. The fraction of sp³-hybridized carbons (Fsp3) is 0.190. The highest BCUT2D eigenvalue weighted by Gasteiger charge is 2.30. The number of halogens is 1. The van der Waals surface area contributed by atoms with Crippen molar-refractivity contribution in [3.63, 3.8) is 0 Å². The molecule has 9 heteroatoms. The minimum Gasteiger partial charge on any atom is -0.497 e. The van der Waals surface area contributed by atoms with E-state index in [2.05, 4.69) is 15.3 Å². The first-order valence-corrected chi connectivity index (χ1v) is 9.16. The minimum atomic E-state index is -0.460. The smallest absolute Gasteiger partial charge is 0.330 e. The van der Waals surface area contributed by atoms with Gasteiger partial charge in [-0.25, -0.2) is 14.2 Å². The van der Waals surface area contributed by atoms with Crippen LogP contribution in [0.3, 0.4) is 0 Å². The first kappa shape index (κ1) is 19.4. The largest absolute Gasteiger partial charge is 0.497 e. The summed E-state index contributed by atoms with van der Waals surface area (Å²) in [6.07, 6.45) is 1.67. The third-order valence-electron chi connectivity index (χ3n) is 4.80. The van der Waals surface area contributed by atoms with Gasteiger partial charge >= 0.3 is 6.03 Å². The molecule has 2 heterocycles. The Balaban J connectivity index is 1.59. The number of aromatic nitrogens is 2. The molecule has 8 nitrogen and oxygen atoms in total. The molecule has 4 rings (SSSR count). The van der Waals surface area contributed by atoms with Crippen LogP contribution in [0.4, 0.5) is 32.3 Å². The molecular formula is C21H20FN5O3. The molecule has 30 heavy (non-hydrogen) atoms. The summed E-state index contributed by atoms with van der Waals surface area (Å²) in [5.41, 5.74) is 2.12. The van der Waals surface area contributed by atoms with Crippen molar-refractivity contribution in [2.45, 2.75) is 6.54 Å². The van der Waals surface area contributed by atoms with Gasteiger partial charge in [-0.1, -0.05) is 0 Å². The Kier molecular flexibility index (Phi) is 5.09. The van der Waals surface area contributed by atoms with E-state index in [-0.39, 0.29) is 11.8 Å². The van der Waals surface area contributed by atoms with Crippen molar-refractivity contribution in [2.24, 2.45) is 0 Å². The molecule has 1 N–H and O–H groups in total. The number of hydrogen-bond donors (Lipinski definition) is 1. The zero-order valence-electron chi connectivity index (χ0n) is 16.7. The molecule has 0 fully saturated rings. The van der Waals surface area contributed by atoms with Crippen molar-refractivity contribution < 1.29 is 18.7 Å². The third-order valence-corrected chi connectivity index (χ3v) is 4.80. The standard InChI is InChI=1S/C21H20FN5O3/c1-26-19-13(12-27(21(26)28)15-5-7-16(29-2)8-6-15)11-23-20(25-19)24-14-4-9-17(22)18(10-14)30-3/h4-11H,12H2,1-3H3,(H,23,24,25). The molecule has 0 aliphatic carbocycles. The van der Waals surface area contributed by atoms with Crippen LogP contribution in [0.15, 0.2) is 48.7 Å². The number of nitrogens with one attached hydrogen (secondary N) is 1. The molecule has 0 spiro atoms. The predicted octanol–water partition coefficient (Wildman–Crippen LogP) is 3.95. The second kappa shape index (κ2) is 7.86. The van der Waals surface area contributed by atoms with E-state index < -0.39 is 5.82 Å². The summed E-state index contributed by atoms with van der Waals surface area (Å²) in [6, 6.07) is 11.4. The summed E-state index contributed by atoms with van der Waals surface area (Å²) in [7, 11) is 4.65. The van der Waals surface area contributed by atoms with Gasteiger partial charge < -0.3 is 14.8 Å². The normalized spacial score (nSPS) is 13.1. The first-order chi connectivity index (χ1) is 14.5. The van der Waals surface area contributed by atoms with Crippen molar-refractivity contribution in [3.05, 3.63) is 60.0 Å². The predicted molar refractivity (Wildman–Crippen MR) is 111 cm³/mol. The molecule has 0 saturated carbocycles. The SMILES string of the molecule is COc1ccc(N2Cc3cnc(Nc4ccc(F)c(OC)c4)nc3N(C)C2=O)cc1. The maximum Gasteiger partial charge on any atom is 0.330 e. The Morgan fingerprint density at radius 1 is 1.10 bits per heavy atom. The summed E-state index contributed by atoms with van der Waals surface area (Å²) >= 11 is 0. The van der Waals surface area contributed by atoms with Gasteiger partial charge in [0, 0.05) is 36.2 Å². The summed E-state index contributed by atoms with van der Waals surface area (Å²) in [6.45, 7) is 0.343. The molecule has 0 unspecified atom stereocenters. The van der Waals surface area contributed by atoms with Crippen molar-refractivity contribution in [1.82, 2.24) is 9.97 Å². The number of fused-ring (bicyclic) bond motifs is 1. The number of rotatable bonds is 5. The molecule has 1 aliphatic rings. The molecule has 2 aromatic carbocycles. The van der Waals surface area contributed by atoms with E-state index in [4.69, 9.17) is 9.47 Å². The number of nitrogens with zero attached hydrogens (tertiary/aromatic N) is 4. The van der Waals surface area contributed by atoms with Crippen LogP contribution < -0.4 is 24.6 Å². The number of hydrogen-bond acceptors (Lipinski definition) is 6. The zero-order valence-corrected chi connectivity index (χ0v) is 16.7. The van der Waals surface area contributed by atoms with Crippen molar-refractivity contribution in [3.8, 4) is 11.5 Å². The maximum atomic E-state index is 13.6. The van der Waals surface area contributed by atoms with Gasteiger partial charge in [0.25, 0.3) is 0 Å². The van der Waals surface area contributed by atoms with Gasteiger partial charge in [-0.3, -0.25) is 9.80 Å². The topological polar surface area (TPSA) is 79.8 Å². The van der Waals surface area contributed by atoms with E-state index in [1.807, 2.05) is 12.1 Å². The summed E-state index contributed by atoms with van der Waals surface area (Å²) in [5.74, 6) is 1.17. The van der Waals surface area contributed by atoms with Gasteiger partial charge in [0.05, 0.1) is 20.8 Å². The van der Waals surface area contributed by atoms with Crippen molar-refractivity contribution in [1.29, 1.82) is 0 Å². The first-order valence-electron chi connectivity index (χ1n) is 9.16. The van der Waals surface area contributed by atoms with Crippen LogP contribution in [0.1, 0.15) is 5.56 Å². The summed E-state index contributed by atoms with van der Waals surface area (Å²) < 4.78 is 23.8. The van der Waals surface area contributed by atoms with Gasteiger partial charge in [-0.15, -0.1) is 0 Å². The Labute approximate surface area is 172 Å². The lowest BCUT2D eigenvalue weighted by Gasteiger charge is -2.34. The molecule has 154 valence electrons. The maximum absolute atomic E-state index is 13.6. The highest BCUT2D eigenvalue weighted by Crippen LogP contribution is 2.31. The molecule has 0 saturated heterocycles. The second-order valence-electron chi connectivity index (χ2n) is 6.64. The van der Waals surface area contributed by atoms with Gasteiger partial charge in [0.1, 0.15) is 11.6 Å². The van der Waals surface area contributed by atoms with E-state index in [1.165, 1.54) is 24.1 Å². The molecule has 1 aliphatic heterocycles. The monoisotopic (exact) mass is 409 g/mol. The van der Waals surface area contributed by atoms with Gasteiger partial charge in [0.15, 0.2) is 11.6 Å². The highest BCUT2D eigenvalue weighted by molar-refractivity contribution is 6.05. The zero-order chi connectivity index (χ0) is 21.3. The number of amides is 2. The summed E-state index contributed by atoms with van der Waals surface area (Å²) in [4.78, 5) is 24.8. The average Bonchev–Trinajstić information content (AvgIpc) is 2.78. The van der Waals surface area contributed by atoms with E-state index in [9.17, 15) is 9.18 Å². The van der Waals surface area contributed by atoms with Gasteiger partial charge in [-0.2, -0.15) is 4.98 Å². The highest BCUT2D eigenvalue weighted by atomic mass is 19.1. The Hall–Kier alpha value is -3.88. The summed E-state index contributed by atoms with van der Waals surface area (Å²) in [5, 5.41) is 3.01. The molecule has 2 amide bonds. The quantitative estimate of drug-likeness (QED) is 0.687. The number of ether oxygens (including phenoxy) is 2. The van der Waals surface area contributed by atoms with Crippen LogP contribution in [-0.2, 0) is 6.54 Å². The number of carbonyl (C=O) groups is 1. The average molecular weight is 409 g/mol. The fourth-order valence-electron chi connectivity index (χ4n) is 3.20. The molecular weight excluding hydrogens is 389 g/mol. The van der Waals surface area contributed by atoms with E-state index in [1.54, 1.807) is 43.5 Å². The van der Waals surface area contributed by atoms with E-state index in [0.717, 1.165) is 11.3 Å². The number of methoxy groups -OCH3 is 2.